The number of benzene rings is 4. The fourth-order valence-corrected chi connectivity index (χ4v) is 6.62. The van der Waals surface area contributed by atoms with E-state index in [-0.39, 0.29) is 41.4 Å². The predicted octanol–water partition coefficient (Wildman–Crippen LogP) is 9.57. The Morgan fingerprint density at radius 2 is 1.05 bits per heavy atom. The highest BCUT2D eigenvalue weighted by Gasteiger charge is 2.32. The molecule has 4 aromatic heterocycles. The molecule has 0 spiro atoms. The number of nitrogens with one attached hydrogen (secondary N) is 1. The second-order valence-corrected chi connectivity index (χ2v) is 13.5. The van der Waals surface area contributed by atoms with E-state index < -0.39 is 25.6 Å². The van der Waals surface area contributed by atoms with Gasteiger partial charge in [0.05, 0.1) is 21.8 Å². The summed E-state index contributed by atoms with van der Waals surface area (Å²) in [6, 6.07) is 25.0. The molecule has 0 fully saturated rings. The number of aromatic nitrogens is 4. The van der Waals surface area contributed by atoms with Crippen molar-refractivity contribution in [3.8, 4) is 39.4 Å². The number of ether oxygens (including phenoxy) is 2. The Morgan fingerprint density at radius 1 is 0.609 bits per heavy atom. The lowest BCUT2D eigenvalue weighted by atomic mass is 9.80. The van der Waals surface area contributed by atoms with Gasteiger partial charge in [-0.05, 0) is 103 Å². The molecule has 3 N–H and O–H groups in total. The number of alkyl halides is 6. The number of pyridine rings is 2. The molecule has 0 saturated carbocycles. The third-order valence-electron chi connectivity index (χ3n) is 9.49. The number of hydrogen-bond acceptors (Lipinski definition) is 6. The maximum absolute atomic E-state index is 13.4. The van der Waals surface area contributed by atoms with E-state index in [0.29, 0.717) is 39.6 Å². The molecule has 334 valence electrons. The molecule has 0 aliphatic heterocycles. The number of aryl methyl sites for hydroxylation is 2. The molecule has 4 aromatic carbocycles. The van der Waals surface area contributed by atoms with E-state index in [1.807, 2.05) is 35.2 Å². The van der Waals surface area contributed by atoms with Crippen molar-refractivity contribution in [1.29, 1.82) is 0 Å². The lowest BCUT2D eigenvalue weighted by Crippen LogP contribution is -2.29. The van der Waals surface area contributed by atoms with Crippen LogP contribution in [0.25, 0.3) is 49.7 Å². The van der Waals surface area contributed by atoms with Gasteiger partial charge in [-0.1, -0.05) is 43.8 Å². The Kier molecular flexibility index (Phi) is 14.9. The zero-order valence-electron chi connectivity index (χ0n) is 33.1. The largest absolute Gasteiger partial charge is 0.573 e. The molecule has 10 nitrogen and oxygen atoms in total. The van der Waals surface area contributed by atoms with Gasteiger partial charge in [-0.25, -0.2) is 8.78 Å². The summed E-state index contributed by atoms with van der Waals surface area (Å²) in [5.41, 5.74) is 4.86. The van der Waals surface area contributed by atoms with Gasteiger partial charge >= 0.3 is 19.8 Å². The van der Waals surface area contributed by atoms with E-state index in [2.05, 4.69) is 14.5 Å². The first kappa shape index (κ1) is 47.9. The molecule has 19 heteroatoms. The van der Waals surface area contributed by atoms with Gasteiger partial charge in [-0.3, -0.25) is 14.2 Å². The average Bonchev–Trinajstić information content (AvgIpc) is 3.88. The van der Waals surface area contributed by atoms with Crippen molar-refractivity contribution >= 4 is 34.4 Å². The van der Waals surface area contributed by atoms with Crippen molar-refractivity contribution in [2.45, 2.75) is 47.1 Å². The van der Waals surface area contributed by atoms with E-state index >= 15 is 0 Å². The quantitative estimate of drug-likeness (QED) is 0.103. The first-order valence-electron chi connectivity index (χ1n) is 18.9. The van der Waals surface area contributed by atoms with Crippen LogP contribution in [0, 0.1) is 11.6 Å². The topological polar surface area (TPSA) is 124 Å². The standard InChI is InChI=1S/C22H16F4N2O2.C15H13FN2O.C7H6BF3O3.CH4/c1-2-27-12-11-18-20(27)19(14-3-5-15(23)6-4-14)13-28(21(18)29)16-7-9-17(10-8-16)30-22(24,25)26;1-2-18-8-7-12-14(18)13(9-17-15(12)19)10-3-5-11(16)6-4-10;9-7(10,11)14-6-3-1-5(2-4-6)8(12)13;/h3-13H,2H2,1H3;3-9H,2H2,1H3,(H,17,19);1-4,12-13H;1H4. The second-order valence-electron chi connectivity index (χ2n) is 13.5. The number of nitrogens with zero attached hydrogens (tertiary/aromatic N) is 3. The summed E-state index contributed by atoms with van der Waals surface area (Å²) in [6.45, 7) is 5.37. The van der Waals surface area contributed by atoms with Gasteiger partial charge in [0.25, 0.3) is 11.1 Å². The summed E-state index contributed by atoms with van der Waals surface area (Å²) in [5.74, 6) is -1.43. The maximum Gasteiger partial charge on any atom is 0.573 e. The van der Waals surface area contributed by atoms with E-state index in [9.17, 15) is 44.7 Å². The summed E-state index contributed by atoms with van der Waals surface area (Å²) in [7, 11) is -1.70. The lowest BCUT2D eigenvalue weighted by molar-refractivity contribution is -0.275. The van der Waals surface area contributed by atoms with Crippen LogP contribution in [0.1, 0.15) is 21.3 Å². The molecule has 0 aliphatic rings. The van der Waals surface area contributed by atoms with Crippen LogP contribution in [-0.2, 0) is 13.1 Å². The number of fused-ring (bicyclic) bond motifs is 2. The second kappa shape index (κ2) is 19.9. The molecule has 4 heterocycles. The molecule has 64 heavy (non-hydrogen) atoms. The fourth-order valence-electron chi connectivity index (χ4n) is 6.62. The minimum absolute atomic E-state index is 0. The van der Waals surface area contributed by atoms with Crippen molar-refractivity contribution in [2.24, 2.45) is 0 Å². The smallest absolute Gasteiger partial charge is 0.423 e. The van der Waals surface area contributed by atoms with Gasteiger partial charge < -0.3 is 33.6 Å². The molecular weight excluding hydrogens is 855 g/mol. The third kappa shape index (κ3) is 11.5. The van der Waals surface area contributed by atoms with Crippen LogP contribution in [-0.4, -0.2) is 48.6 Å². The number of H-pyrrole nitrogens is 1. The molecule has 8 rings (SSSR count). The molecule has 0 bridgehead atoms. The van der Waals surface area contributed by atoms with Gasteiger partial charge in [-0.15, -0.1) is 26.3 Å². The van der Waals surface area contributed by atoms with Crippen molar-refractivity contribution in [2.75, 3.05) is 0 Å². The molecule has 0 atom stereocenters. The Labute approximate surface area is 359 Å². The van der Waals surface area contributed by atoms with Crippen molar-refractivity contribution in [3.05, 3.63) is 166 Å². The van der Waals surface area contributed by atoms with E-state index in [0.717, 1.165) is 59.6 Å². The van der Waals surface area contributed by atoms with Crippen LogP contribution in [0.2, 0.25) is 0 Å². The summed E-state index contributed by atoms with van der Waals surface area (Å²) in [5, 5.41) is 18.4. The first-order chi connectivity index (χ1) is 29.8. The van der Waals surface area contributed by atoms with Crippen LogP contribution in [0.4, 0.5) is 35.1 Å². The lowest BCUT2D eigenvalue weighted by Gasteiger charge is -2.14. The zero-order valence-corrected chi connectivity index (χ0v) is 33.1. The van der Waals surface area contributed by atoms with Gasteiger partial charge in [0, 0.05) is 54.7 Å². The van der Waals surface area contributed by atoms with Gasteiger partial charge in [0.1, 0.15) is 23.1 Å². The molecular formula is C45H39BF8N4O6. The summed E-state index contributed by atoms with van der Waals surface area (Å²) in [4.78, 5) is 27.6. The Balaban J connectivity index is 0.000000195. The Hall–Kier alpha value is -7.12. The van der Waals surface area contributed by atoms with Crippen LogP contribution in [0.3, 0.4) is 0 Å². The van der Waals surface area contributed by atoms with Crippen LogP contribution in [0.15, 0.2) is 144 Å². The Morgan fingerprint density at radius 3 is 1.50 bits per heavy atom. The fraction of sp³-hybridized carbons (Fsp3) is 0.156. The van der Waals surface area contributed by atoms with E-state index in [1.165, 1.54) is 41.0 Å². The Bertz CT molecular complexity index is 2920. The van der Waals surface area contributed by atoms with Crippen LogP contribution >= 0.6 is 0 Å². The van der Waals surface area contributed by atoms with Crippen LogP contribution < -0.4 is 26.1 Å². The monoisotopic (exact) mass is 894 g/mol. The third-order valence-corrected chi connectivity index (χ3v) is 9.49. The summed E-state index contributed by atoms with van der Waals surface area (Å²) >= 11 is 0. The normalized spacial score (nSPS) is 11.2. The summed E-state index contributed by atoms with van der Waals surface area (Å²) < 4.78 is 111. The zero-order chi connectivity index (χ0) is 45.6. The highest BCUT2D eigenvalue weighted by Crippen LogP contribution is 2.31. The van der Waals surface area contributed by atoms with Gasteiger partial charge in [-0.2, -0.15) is 0 Å². The maximum atomic E-state index is 13.4. The SMILES string of the molecule is C.CCn1ccc2c(=O)[nH]cc(-c3ccc(F)cc3)c21.CCn1ccc2c(=O)n(-c3ccc(OC(F)(F)F)cc3)cc(-c3ccc(F)cc3)c21.OB(O)c1ccc(OC(F)(F)F)cc1. The molecule has 0 saturated heterocycles. The number of aromatic amines is 1. The highest BCUT2D eigenvalue weighted by atomic mass is 19.4. The molecule has 0 unspecified atom stereocenters. The average molecular weight is 895 g/mol. The van der Waals surface area contributed by atoms with E-state index in [4.69, 9.17) is 10.0 Å². The first-order valence-corrected chi connectivity index (χ1v) is 18.9. The van der Waals surface area contributed by atoms with Crippen molar-refractivity contribution in [3.63, 3.8) is 0 Å². The highest BCUT2D eigenvalue weighted by molar-refractivity contribution is 6.58. The summed E-state index contributed by atoms with van der Waals surface area (Å²) in [6.07, 6.45) is -2.54. The molecule has 0 radical (unpaired) electrons. The van der Waals surface area contributed by atoms with Crippen molar-refractivity contribution in [1.82, 2.24) is 18.7 Å². The van der Waals surface area contributed by atoms with E-state index in [1.54, 1.807) is 48.9 Å². The minimum Gasteiger partial charge on any atom is -0.423 e. The number of hydrogen-bond donors (Lipinski definition) is 3. The molecule has 0 aliphatic carbocycles. The van der Waals surface area contributed by atoms with Crippen LogP contribution in [0.5, 0.6) is 11.5 Å². The number of halogens is 8. The minimum atomic E-state index is -4.80. The molecule has 0 amide bonds. The van der Waals surface area contributed by atoms with Crippen molar-refractivity contribution < 1.29 is 54.6 Å². The van der Waals surface area contributed by atoms with Gasteiger partial charge in [0.15, 0.2) is 0 Å². The van der Waals surface area contributed by atoms with Gasteiger partial charge in [0.2, 0.25) is 0 Å². The molecule has 8 aromatic rings. The predicted molar refractivity (Wildman–Crippen MR) is 229 cm³/mol. The number of rotatable bonds is 8.